The second-order valence-corrected chi connectivity index (χ2v) is 9.56. The summed E-state index contributed by atoms with van der Waals surface area (Å²) >= 11 is 0. The van der Waals surface area contributed by atoms with Crippen LogP contribution in [0.15, 0.2) is 29.2 Å². The lowest BCUT2D eigenvalue weighted by atomic mass is 10.1. The Morgan fingerprint density at radius 3 is 2.07 bits per heavy atom. The largest absolute Gasteiger partial charge is 0.336 e. The molecule has 28 heavy (non-hydrogen) atoms. The Kier molecular flexibility index (Phi) is 7.21. The maximum absolute atomic E-state index is 12.9. The van der Waals surface area contributed by atoms with Crippen molar-refractivity contribution in [2.75, 3.05) is 26.2 Å². The van der Waals surface area contributed by atoms with Gasteiger partial charge >= 0.3 is 0 Å². The fraction of sp³-hybridized carbons (Fsp3) is 0.600. The highest BCUT2D eigenvalue weighted by Gasteiger charge is 2.35. The van der Waals surface area contributed by atoms with Crippen LogP contribution in [-0.4, -0.2) is 72.7 Å². The zero-order valence-corrected chi connectivity index (χ0v) is 18.1. The number of piperazine rings is 1. The van der Waals surface area contributed by atoms with Gasteiger partial charge in [0.15, 0.2) is 0 Å². The van der Waals surface area contributed by atoms with Crippen molar-refractivity contribution < 1.29 is 13.2 Å². The first-order chi connectivity index (χ1) is 13.1. The quantitative estimate of drug-likeness (QED) is 0.720. The van der Waals surface area contributed by atoms with Crippen LogP contribution in [0, 0.1) is 11.3 Å². The van der Waals surface area contributed by atoms with Gasteiger partial charge in [0.25, 0.3) is 0 Å². The average molecular weight is 407 g/mol. The van der Waals surface area contributed by atoms with E-state index in [2.05, 4.69) is 0 Å². The molecule has 0 bridgehead atoms. The summed E-state index contributed by atoms with van der Waals surface area (Å²) in [7, 11) is -3.73. The maximum Gasteiger partial charge on any atom is 0.244 e. The molecule has 0 saturated carbocycles. The Balaban J connectivity index is 2.10. The molecule has 2 rings (SSSR count). The molecular weight excluding hydrogens is 376 g/mol. The number of carbonyl (C=O) groups is 1. The highest BCUT2D eigenvalue weighted by atomic mass is 32.2. The number of carbonyl (C=O) groups excluding carboxylic acids is 1. The summed E-state index contributed by atoms with van der Waals surface area (Å²) in [5, 5.41) is 9.21. The number of nitriles is 1. The molecule has 1 aromatic carbocycles. The minimum atomic E-state index is -3.73. The number of hydrogen-bond donors (Lipinski definition) is 0. The molecule has 0 aliphatic carbocycles. The van der Waals surface area contributed by atoms with Crippen molar-refractivity contribution in [2.45, 2.75) is 57.6 Å². The van der Waals surface area contributed by atoms with Crippen LogP contribution in [0.1, 0.15) is 40.2 Å². The summed E-state index contributed by atoms with van der Waals surface area (Å²) in [6, 6.07) is 8.12. The number of sulfonamides is 1. The summed E-state index contributed by atoms with van der Waals surface area (Å²) in [5.41, 5.74) is 0.151. The molecule has 1 aliphatic rings. The van der Waals surface area contributed by atoms with Crippen LogP contribution in [0.4, 0.5) is 0 Å². The molecule has 1 fully saturated rings. The van der Waals surface area contributed by atoms with Crippen molar-refractivity contribution in [2.24, 2.45) is 0 Å². The van der Waals surface area contributed by atoms with Gasteiger partial charge in [0.1, 0.15) is 6.07 Å². The van der Waals surface area contributed by atoms with Crippen LogP contribution < -0.4 is 0 Å². The molecule has 154 valence electrons. The Bertz CT molecular complexity index is 829. The van der Waals surface area contributed by atoms with Crippen LogP contribution in [0.25, 0.3) is 0 Å². The molecule has 1 atom stereocenters. The normalized spacial score (nSPS) is 17.5. The Hall–Kier alpha value is -1.95. The zero-order chi connectivity index (χ0) is 21.1. The molecule has 0 unspecified atom stereocenters. The third-order valence-corrected chi connectivity index (χ3v) is 7.13. The van der Waals surface area contributed by atoms with Gasteiger partial charge in [-0.15, -0.1) is 0 Å². The first-order valence-electron chi connectivity index (χ1n) is 9.66. The molecule has 0 N–H and O–H groups in total. The van der Waals surface area contributed by atoms with E-state index in [1.54, 1.807) is 12.1 Å². The minimum Gasteiger partial charge on any atom is -0.336 e. The van der Waals surface area contributed by atoms with Gasteiger partial charge in [-0.3, -0.25) is 9.69 Å². The van der Waals surface area contributed by atoms with Gasteiger partial charge in [-0.1, -0.05) is 12.1 Å². The minimum absolute atomic E-state index is 0.0425. The fourth-order valence-electron chi connectivity index (χ4n) is 3.73. The smallest absolute Gasteiger partial charge is 0.244 e. The van der Waals surface area contributed by atoms with E-state index in [1.165, 1.54) is 16.4 Å². The third kappa shape index (κ3) is 4.54. The average Bonchev–Trinajstić information content (AvgIpc) is 2.66. The van der Waals surface area contributed by atoms with Crippen LogP contribution in [-0.2, 0) is 14.8 Å². The SMILES string of the molecule is CC(C)N(C(=O)[C@H](C)N1CCN(S(=O)(=O)c2ccccc2C#N)CC1)C(C)C. The van der Waals surface area contributed by atoms with E-state index >= 15 is 0 Å². The molecule has 1 aliphatic heterocycles. The van der Waals surface area contributed by atoms with E-state index in [0.717, 1.165) is 0 Å². The molecule has 0 spiro atoms. The Labute approximate surface area is 168 Å². The van der Waals surface area contributed by atoms with E-state index in [-0.39, 0.29) is 34.5 Å². The highest BCUT2D eigenvalue weighted by Crippen LogP contribution is 2.22. The van der Waals surface area contributed by atoms with E-state index in [9.17, 15) is 18.5 Å². The number of rotatable bonds is 6. The molecule has 0 radical (unpaired) electrons. The summed E-state index contributed by atoms with van der Waals surface area (Å²) in [5.74, 6) is 0.0659. The summed E-state index contributed by atoms with van der Waals surface area (Å²) in [6.07, 6.45) is 0. The van der Waals surface area contributed by atoms with Crippen molar-refractivity contribution in [3.05, 3.63) is 29.8 Å². The summed E-state index contributed by atoms with van der Waals surface area (Å²) in [4.78, 5) is 16.9. The monoisotopic (exact) mass is 406 g/mol. The number of nitrogens with zero attached hydrogens (tertiary/aromatic N) is 4. The van der Waals surface area contributed by atoms with Crippen molar-refractivity contribution in [1.82, 2.24) is 14.1 Å². The topological polar surface area (TPSA) is 84.7 Å². The first-order valence-corrected chi connectivity index (χ1v) is 11.1. The lowest BCUT2D eigenvalue weighted by molar-refractivity contribution is -0.140. The zero-order valence-electron chi connectivity index (χ0n) is 17.3. The van der Waals surface area contributed by atoms with E-state index in [0.29, 0.717) is 26.2 Å². The van der Waals surface area contributed by atoms with Crippen LogP contribution in [0.5, 0.6) is 0 Å². The van der Waals surface area contributed by atoms with Gasteiger partial charge in [0.2, 0.25) is 15.9 Å². The molecule has 8 heteroatoms. The van der Waals surface area contributed by atoms with Gasteiger partial charge in [-0.05, 0) is 46.8 Å². The van der Waals surface area contributed by atoms with E-state index in [4.69, 9.17) is 0 Å². The summed E-state index contributed by atoms with van der Waals surface area (Å²) in [6.45, 7) is 11.4. The lowest BCUT2D eigenvalue weighted by Crippen LogP contribution is -2.57. The van der Waals surface area contributed by atoms with Gasteiger partial charge in [-0.2, -0.15) is 9.57 Å². The van der Waals surface area contributed by atoms with Crippen molar-refractivity contribution in [3.8, 4) is 6.07 Å². The third-order valence-electron chi connectivity index (χ3n) is 5.17. The predicted molar refractivity (Wildman–Crippen MR) is 108 cm³/mol. The molecule has 1 amide bonds. The van der Waals surface area contributed by atoms with Gasteiger partial charge in [0, 0.05) is 38.3 Å². The fourth-order valence-corrected chi connectivity index (χ4v) is 5.30. The maximum atomic E-state index is 12.9. The second kappa shape index (κ2) is 9.03. The Morgan fingerprint density at radius 1 is 1.04 bits per heavy atom. The van der Waals surface area contributed by atoms with Crippen LogP contribution >= 0.6 is 0 Å². The lowest BCUT2D eigenvalue weighted by Gasteiger charge is -2.40. The van der Waals surface area contributed by atoms with Gasteiger partial charge in [-0.25, -0.2) is 8.42 Å². The van der Waals surface area contributed by atoms with E-state index < -0.39 is 10.0 Å². The highest BCUT2D eigenvalue weighted by molar-refractivity contribution is 7.89. The van der Waals surface area contributed by atoms with Crippen molar-refractivity contribution >= 4 is 15.9 Å². The predicted octanol–water partition coefficient (Wildman–Crippen LogP) is 1.90. The number of benzene rings is 1. The van der Waals surface area contributed by atoms with Crippen molar-refractivity contribution in [3.63, 3.8) is 0 Å². The molecular formula is C20H30N4O3S. The Morgan fingerprint density at radius 2 is 1.57 bits per heavy atom. The second-order valence-electron chi connectivity index (χ2n) is 7.66. The van der Waals surface area contributed by atoms with Crippen molar-refractivity contribution in [1.29, 1.82) is 5.26 Å². The molecule has 1 saturated heterocycles. The number of hydrogen-bond acceptors (Lipinski definition) is 5. The molecule has 1 aromatic rings. The summed E-state index contributed by atoms with van der Waals surface area (Å²) < 4.78 is 27.3. The van der Waals surface area contributed by atoms with Gasteiger partial charge < -0.3 is 4.90 Å². The van der Waals surface area contributed by atoms with Crippen LogP contribution in [0.2, 0.25) is 0 Å². The van der Waals surface area contributed by atoms with E-state index in [1.807, 2.05) is 50.5 Å². The molecule has 7 nitrogen and oxygen atoms in total. The standard InChI is InChI=1S/C20H30N4O3S/c1-15(2)24(16(3)4)20(25)17(5)22-10-12-23(13-11-22)28(26,27)19-9-7-6-8-18(19)14-21/h6-9,15-17H,10-13H2,1-5H3/t17-/m0/s1. The molecule has 0 aromatic heterocycles. The van der Waals surface area contributed by atoms with Crippen LogP contribution in [0.3, 0.4) is 0 Å². The molecule has 1 heterocycles. The number of amides is 1. The first kappa shape index (κ1) is 22.3. The van der Waals surface area contributed by atoms with Gasteiger partial charge in [0.05, 0.1) is 16.5 Å².